The molecule has 0 spiro atoms. The minimum atomic E-state index is -5.22. The van der Waals surface area contributed by atoms with Crippen molar-refractivity contribution in [2.45, 2.75) is 210 Å². The Hall–Kier alpha value is -2.15. The summed E-state index contributed by atoms with van der Waals surface area (Å²) in [5, 5.41) is 184. The van der Waals surface area contributed by atoms with Gasteiger partial charge in [0.15, 0.2) is 37.7 Å². The Bertz CT molecular complexity index is 2040. The maximum absolute atomic E-state index is 12.4. The first kappa shape index (κ1) is 69.9. The quantitative estimate of drug-likeness (QED) is 0.0229. The van der Waals surface area contributed by atoms with Crippen LogP contribution in [0.5, 0.6) is 0 Å². The number of phosphoric acid groups is 1. The van der Waals surface area contributed by atoms with Gasteiger partial charge in [-0.05, 0) is 12.8 Å². The van der Waals surface area contributed by atoms with E-state index >= 15 is 0 Å². The number of aliphatic hydroxyl groups excluding tert-OH is 17. The van der Waals surface area contributed by atoms with Crippen molar-refractivity contribution >= 4 is 19.6 Å². The van der Waals surface area contributed by atoms with Crippen LogP contribution < -0.4 is 10.9 Å². The number of rotatable bonds is 25. The Morgan fingerprint density at radius 2 is 0.831 bits per heavy atom. The summed E-state index contributed by atoms with van der Waals surface area (Å²) >= 11 is 0. The van der Waals surface area contributed by atoms with E-state index in [4.69, 9.17) is 56.8 Å². The van der Waals surface area contributed by atoms with Gasteiger partial charge in [0.25, 0.3) is 5.91 Å². The Balaban J connectivity index is 1.20. The summed E-state index contributed by atoms with van der Waals surface area (Å²) < 4.78 is 89.1. The predicted octanol–water partition coefficient (Wildman–Crippen LogP) is -13.0. The van der Waals surface area contributed by atoms with Crippen LogP contribution in [0, 0.1) is 0 Å². The van der Waals surface area contributed by atoms with Gasteiger partial charge in [0.1, 0.15) is 147 Å². The molecule has 6 saturated heterocycles. The molecule has 21 N–H and O–H groups in total. The minimum absolute atomic E-state index is 0.112. The molecule has 0 aromatic rings. The minimum Gasteiger partial charge on any atom is -0.394 e. The Morgan fingerprint density at radius 3 is 1.35 bits per heavy atom. The van der Waals surface area contributed by atoms with Crippen molar-refractivity contribution in [1.82, 2.24) is 10.9 Å². The molecule has 39 heteroatoms. The third-order valence-corrected chi connectivity index (χ3v) is 14.8. The number of nitrogens with one attached hydrogen (secondary N) is 2. The van der Waals surface area contributed by atoms with Gasteiger partial charge < -0.3 is 158 Å². The van der Waals surface area contributed by atoms with Crippen LogP contribution in [0.4, 0.5) is 0 Å². The highest BCUT2D eigenvalue weighted by Gasteiger charge is 2.56. The monoisotopic (exact) mass is 1240 g/mol. The van der Waals surface area contributed by atoms with Gasteiger partial charge in [-0.3, -0.25) is 25.0 Å². The molecule has 484 valence electrons. The largest absolute Gasteiger partial charge is 0.469 e. The fourth-order valence-electron chi connectivity index (χ4n) is 9.53. The highest BCUT2D eigenvalue weighted by atomic mass is 31.2. The maximum Gasteiger partial charge on any atom is 0.469 e. The van der Waals surface area contributed by atoms with Crippen molar-refractivity contribution in [3.63, 3.8) is 0 Å². The molecule has 0 saturated carbocycles. The summed E-state index contributed by atoms with van der Waals surface area (Å²) in [6.07, 6.45) is -58.4. The standard InChI is InChI=1S/C44H77N2O36P/c1-3-13-21(51)27(57)33(63)41(74-13)81-37-30(60)22(52)14(7-47)75-43(37)72-9-16-24(54)28(58)32(62)39(77-16)71-10-17-26(56)36(35(65)40(78-17)70-6-4-5-19(49)45-46-20(50)12-69-2)80-44-38(31(61)23(53)15(8-48)76-44)82-42-34(64)29(59)25(55)18(79-42)11-73-83(66,67)68/h13-18,21-44,47-48,51-65H,3-12H2,1-2H3,(H,45,49)(H,46,50)(H2,66,67,68)/t13?,14?,15?,16?,17?,18?,21-,22-,23-,24-,25-,26-,27+,28+,29+,30+,31+,32?,33?,34?,35?,36+,37?,38?,39+,40-,41+,42-,43+,44+/m1/s1. The van der Waals surface area contributed by atoms with E-state index in [-0.39, 0.29) is 25.9 Å². The number of hydrazine groups is 1. The van der Waals surface area contributed by atoms with Crippen LogP contribution >= 0.6 is 7.82 Å². The number of aliphatic hydroxyl groups is 17. The number of phosphoric ester groups is 1. The summed E-state index contributed by atoms with van der Waals surface area (Å²) in [4.78, 5) is 42.5. The zero-order valence-electron chi connectivity index (χ0n) is 44.3. The molecule has 0 bridgehead atoms. The molecule has 6 fully saturated rings. The average molecular weight is 1240 g/mol. The lowest BCUT2D eigenvalue weighted by Crippen LogP contribution is -2.67. The topological polar surface area (TPSA) is 589 Å². The predicted molar refractivity (Wildman–Crippen MR) is 254 cm³/mol. The first-order valence-electron chi connectivity index (χ1n) is 26.1. The van der Waals surface area contributed by atoms with Gasteiger partial charge in [0.05, 0.1) is 45.7 Å². The molecule has 6 heterocycles. The van der Waals surface area contributed by atoms with Crippen molar-refractivity contribution in [3.05, 3.63) is 0 Å². The molecule has 6 aliphatic rings. The van der Waals surface area contributed by atoms with Crippen molar-refractivity contribution < 1.29 is 177 Å². The van der Waals surface area contributed by atoms with Crippen molar-refractivity contribution in [2.75, 3.05) is 53.4 Å². The molecule has 0 aromatic heterocycles. The van der Waals surface area contributed by atoms with E-state index < -0.39 is 244 Å². The second-order valence-electron chi connectivity index (χ2n) is 20.1. The summed E-state index contributed by atoms with van der Waals surface area (Å²) in [7, 11) is -3.98. The molecule has 38 nitrogen and oxygen atoms in total. The highest BCUT2D eigenvalue weighted by molar-refractivity contribution is 7.46. The summed E-state index contributed by atoms with van der Waals surface area (Å²) in [6, 6.07) is 0. The van der Waals surface area contributed by atoms with Crippen molar-refractivity contribution in [3.8, 4) is 0 Å². The number of ether oxygens (including phenoxy) is 13. The average Bonchev–Trinajstić information content (AvgIpc) is 3.58. The molecule has 6 aliphatic heterocycles. The summed E-state index contributed by atoms with van der Waals surface area (Å²) in [5.41, 5.74) is 4.23. The number of hydrogen-bond donors (Lipinski definition) is 21. The van der Waals surface area contributed by atoms with E-state index in [9.17, 15) is 111 Å². The number of methoxy groups -OCH3 is 1. The van der Waals surface area contributed by atoms with Crippen LogP contribution in [0.2, 0.25) is 0 Å². The SMILES string of the molecule is CCC1O[C@@H](OC2[C@@H](OCC3O[C@H](OCC4O[C@@H](OCCCC(=O)NNC(=O)COC)C(O)[C@@H](O[C@@H]5OC(CO)[C@@H](O)[C@H](O)C5O[C@H]5OC(COP(=O)(O)O)[C@@H](O)[C@H](O)C5O)[C@@H]4O)C(O)[C@@H](O)[C@@H]3O)OC(CO)[C@@H](O)[C@@H]2O)C(O)[C@@H](O)[C@@H]1O. The maximum atomic E-state index is 12.4. The van der Waals surface area contributed by atoms with Gasteiger partial charge >= 0.3 is 7.82 Å². The van der Waals surface area contributed by atoms with Crippen LogP contribution in [-0.2, 0) is 80.3 Å². The summed E-state index contributed by atoms with van der Waals surface area (Å²) in [6.45, 7) is -4.06. The fraction of sp³-hybridized carbons (Fsp3) is 0.955. The normalized spacial score (nSPS) is 45.4. The van der Waals surface area contributed by atoms with E-state index in [0.717, 1.165) is 0 Å². The van der Waals surface area contributed by atoms with E-state index in [2.05, 4.69) is 20.1 Å². The molecule has 12 unspecified atom stereocenters. The Morgan fingerprint density at radius 1 is 0.434 bits per heavy atom. The highest BCUT2D eigenvalue weighted by Crippen LogP contribution is 2.39. The van der Waals surface area contributed by atoms with Crippen LogP contribution in [-0.4, -0.2) is 346 Å². The molecule has 0 aromatic carbocycles. The summed E-state index contributed by atoms with van der Waals surface area (Å²) in [5.74, 6) is -1.41. The van der Waals surface area contributed by atoms with Gasteiger partial charge in [-0.25, -0.2) is 4.57 Å². The lowest BCUT2D eigenvalue weighted by molar-refractivity contribution is -0.391. The molecule has 30 atom stereocenters. The third-order valence-electron chi connectivity index (χ3n) is 14.3. The molecule has 0 radical (unpaired) electrons. The molecular weight excluding hydrogens is 1160 g/mol. The first-order valence-corrected chi connectivity index (χ1v) is 27.6. The molecule has 83 heavy (non-hydrogen) atoms. The van der Waals surface area contributed by atoms with Crippen molar-refractivity contribution in [2.24, 2.45) is 0 Å². The van der Waals surface area contributed by atoms with E-state index in [1.807, 2.05) is 0 Å². The van der Waals surface area contributed by atoms with Gasteiger partial charge in [-0.2, -0.15) is 0 Å². The fourth-order valence-corrected chi connectivity index (χ4v) is 9.87. The first-order chi connectivity index (χ1) is 39.2. The Kier molecular flexibility index (Phi) is 26.4. The van der Waals surface area contributed by atoms with Crippen molar-refractivity contribution in [1.29, 1.82) is 0 Å². The third kappa shape index (κ3) is 17.4. The zero-order valence-corrected chi connectivity index (χ0v) is 45.2. The number of hydrogen-bond acceptors (Lipinski definition) is 34. The Labute approximate surface area is 470 Å². The number of carbonyl (C=O) groups is 2. The van der Waals surface area contributed by atoms with Gasteiger partial charge in [0.2, 0.25) is 5.91 Å². The van der Waals surface area contributed by atoms with Gasteiger partial charge in [-0.1, -0.05) is 6.92 Å². The van der Waals surface area contributed by atoms with Crippen LogP contribution in [0.1, 0.15) is 26.2 Å². The van der Waals surface area contributed by atoms with E-state index in [1.165, 1.54) is 7.11 Å². The van der Waals surface area contributed by atoms with Crippen LogP contribution in [0.25, 0.3) is 0 Å². The zero-order chi connectivity index (χ0) is 61.4. The van der Waals surface area contributed by atoms with Gasteiger partial charge in [0, 0.05) is 13.5 Å². The molecule has 2 amide bonds. The lowest BCUT2D eigenvalue weighted by atomic mass is 9.96. The molecule has 0 aliphatic carbocycles. The second-order valence-corrected chi connectivity index (χ2v) is 21.4. The molecular formula is C44H77N2O36P. The number of carbonyl (C=O) groups excluding carboxylic acids is 2. The number of amides is 2. The van der Waals surface area contributed by atoms with E-state index in [0.29, 0.717) is 0 Å². The lowest BCUT2D eigenvalue weighted by Gasteiger charge is -2.48. The second kappa shape index (κ2) is 31.3. The van der Waals surface area contributed by atoms with Crippen LogP contribution in [0.3, 0.4) is 0 Å². The molecule has 6 rings (SSSR count). The smallest absolute Gasteiger partial charge is 0.394 e. The van der Waals surface area contributed by atoms with Gasteiger partial charge in [-0.15, -0.1) is 0 Å². The van der Waals surface area contributed by atoms with Crippen LogP contribution in [0.15, 0.2) is 0 Å². The van der Waals surface area contributed by atoms with E-state index in [1.54, 1.807) is 6.92 Å².